The molecule has 0 radical (unpaired) electrons. The maximum atomic E-state index is 11.5. The van der Waals surface area contributed by atoms with Gasteiger partial charge in [-0.05, 0) is 18.3 Å². The highest BCUT2D eigenvalue weighted by Crippen LogP contribution is 2.14. The number of carbonyl (C=O) groups excluding carboxylic acids is 1. The highest BCUT2D eigenvalue weighted by Gasteiger charge is 2.03. The molecule has 0 rings (SSSR count). The van der Waals surface area contributed by atoms with Gasteiger partial charge in [0.25, 0.3) is 0 Å². The molecule has 0 unspecified atom stereocenters. The molecule has 0 heterocycles. The van der Waals surface area contributed by atoms with Crippen molar-refractivity contribution in [2.45, 2.75) is 124 Å². The zero-order valence-corrected chi connectivity index (χ0v) is 17.8. The van der Waals surface area contributed by atoms with E-state index in [2.05, 4.69) is 27.7 Å². The van der Waals surface area contributed by atoms with Crippen LogP contribution in [0.2, 0.25) is 0 Å². The lowest BCUT2D eigenvalue weighted by Crippen LogP contribution is -2.09. The van der Waals surface area contributed by atoms with Gasteiger partial charge in [-0.15, -0.1) is 0 Å². The fourth-order valence-corrected chi connectivity index (χ4v) is 3.10. The van der Waals surface area contributed by atoms with Crippen LogP contribution in [0.1, 0.15) is 124 Å². The molecule has 0 saturated carbocycles. The second-order valence-corrected chi connectivity index (χ2v) is 8.61. The van der Waals surface area contributed by atoms with Crippen molar-refractivity contribution in [3.63, 3.8) is 0 Å². The lowest BCUT2D eigenvalue weighted by molar-refractivity contribution is -0.144. The predicted molar refractivity (Wildman–Crippen MR) is 110 cm³/mol. The summed E-state index contributed by atoms with van der Waals surface area (Å²) in [6.45, 7) is 9.35. The third kappa shape index (κ3) is 21.4. The number of unbranched alkanes of at least 4 members (excludes halogenated alkanes) is 12. The molecule has 0 fully saturated rings. The van der Waals surface area contributed by atoms with Crippen molar-refractivity contribution in [3.8, 4) is 0 Å². The smallest absolute Gasteiger partial charge is 0.305 e. The maximum absolute atomic E-state index is 11.5. The fraction of sp³-hybridized carbons (Fsp3) is 0.957. The van der Waals surface area contributed by atoms with Crippen LogP contribution in [0.3, 0.4) is 0 Å². The SMILES string of the molecule is CC(C)CCCCCCCCCCCCCCCC(=O)OCC(C)C. The second kappa shape index (κ2) is 18.3. The van der Waals surface area contributed by atoms with Crippen molar-refractivity contribution in [1.82, 2.24) is 0 Å². The average molecular weight is 355 g/mol. The Morgan fingerprint density at radius 2 is 1.00 bits per heavy atom. The van der Waals surface area contributed by atoms with Crippen LogP contribution in [0.5, 0.6) is 0 Å². The molecule has 150 valence electrons. The summed E-state index contributed by atoms with van der Waals surface area (Å²) in [6.07, 6.45) is 19.5. The normalized spacial score (nSPS) is 11.4. The standard InChI is InChI=1S/C23H46O2/c1-21(2)18-16-14-12-10-8-6-5-7-9-11-13-15-17-19-23(24)25-20-22(3)4/h21-22H,5-20H2,1-4H3. The summed E-state index contributed by atoms with van der Waals surface area (Å²) >= 11 is 0. The molecule has 0 bridgehead atoms. The summed E-state index contributed by atoms with van der Waals surface area (Å²) in [7, 11) is 0. The number of rotatable bonds is 18. The average Bonchev–Trinajstić information content (AvgIpc) is 2.56. The van der Waals surface area contributed by atoms with Crippen LogP contribution in [0.15, 0.2) is 0 Å². The first-order chi connectivity index (χ1) is 12.0. The molecule has 0 aromatic heterocycles. The molecule has 25 heavy (non-hydrogen) atoms. The van der Waals surface area contributed by atoms with Gasteiger partial charge < -0.3 is 4.74 Å². The Labute approximate surface area is 158 Å². The summed E-state index contributed by atoms with van der Waals surface area (Å²) < 4.78 is 5.19. The van der Waals surface area contributed by atoms with E-state index >= 15 is 0 Å². The van der Waals surface area contributed by atoms with Crippen LogP contribution in [0.4, 0.5) is 0 Å². The minimum Gasteiger partial charge on any atom is -0.465 e. The summed E-state index contributed by atoms with van der Waals surface area (Å²) in [4.78, 5) is 11.5. The monoisotopic (exact) mass is 354 g/mol. The van der Waals surface area contributed by atoms with Crippen LogP contribution in [0.25, 0.3) is 0 Å². The molecule has 0 aliphatic rings. The van der Waals surface area contributed by atoms with E-state index in [1.165, 1.54) is 83.5 Å². The Bertz CT molecular complexity index is 284. The van der Waals surface area contributed by atoms with Crippen LogP contribution in [0, 0.1) is 11.8 Å². The van der Waals surface area contributed by atoms with Crippen molar-refractivity contribution in [2.75, 3.05) is 6.61 Å². The number of ether oxygens (including phenoxy) is 1. The van der Waals surface area contributed by atoms with Gasteiger partial charge in [0.05, 0.1) is 6.61 Å². The van der Waals surface area contributed by atoms with Gasteiger partial charge in [-0.3, -0.25) is 4.79 Å². The van der Waals surface area contributed by atoms with Gasteiger partial charge in [0, 0.05) is 6.42 Å². The van der Waals surface area contributed by atoms with Crippen molar-refractivity contribution in [2.24, 2.45) is 11.8 Å². The Hall–Kier alpha value is -0.530. The lowest BCUT2D eigenvalue weighted by atomic mass is 10.0. The van der Waals surface area contributed by atoms with Crippen LogP contribution in [-0.4, -0.2) is 12.6 Å². The number of esters is 1. The van der Waals surface area contributed by atoms with Crippen molar-refractivity contribution in [1.29, 1.82) is 0 Å². The van der Waals surface area contributed by atoms with E-state index in [4.69, 9.17) is 4.74 Å². The van der Waals surface area contributed by atoms with Gasteiger partial charge in [-0.1, -0.05) is 111 Å². The van der Waals surface area contributed by atoms with E-state index in [1.54, 1.807) is 0 Å². The molecule has 0 N–H and O–H groups in total. The molecular formula is C23H46O2. The van der Waals surface area contributed by atoms with Gasteiger partial charge in [0.15, 0.2) is 0 Å². The van der Waals surface area contributed by atoms with Crippen molar-refractivity contribution >= 4 is 5.97 Å². The second-order valence-electron chi connectivity index (χ2n) is 8.61. The number of hydrogen-bond acceptors (Lipinski definition) is 2. The Morgan fingerprint density at radius 1 is 0.600 bits per heavy atom. The number of carbonyl (C=O) groups is 1. The minimum atomic E-state index is -0.0158. The predicted octanol–water partition coefficient (Wildman–Crippen LogP) is 7.69. The first-order valence-corrected chi connectivity index (χ1v) is 11.2. The first kappa shape index (κ1) is 24.5. The summed E-state index contributed by atoms with van der Waals surface area (Å²) in [5.74, 6) is 1.30. The van der Waals surface area contributed by atoms with Crippen molar-refractivity contribution < 1.29 is 9.53 Å². The molecule has 0 aliphatic heterocycles. The fourth-order valence-electron chi connectivity index (χ4n) is 3.10. The Balaban J connectivity index is 3.10. The molecule has 0 atom stereocenters. The Kier molecular flexibility index (Phi) is 17.9. The quantitative estimate of drug-likeness (QED) is 0.186. The molecule has 0 spiro atoms. The first-order valence-electron chi connectivity index (χ1n) is 11.2. The van der Waals surface area contributed by atoms with Gasteiger partial charge >= 0.3 is 5.97 Å². The highest BCUT2D eigenvalue weighted by atomic mass is 16.5. The van der Waals surface area contributed by atoms with E-state index in [9.17, 15) is 4.79 Å². The van der Waals surface area contributed by atoms with Crippen LogP contribution in [-0.2, 0) is 9.53 Å². The molecule has 0 amide bonds. The molecule has 0 aliphatic carbocycles. The molecule has 2 heteroatoms. The van der Waals surface area contributed by atoms with E-state index in [0.29, 0.717) is 18.9 Å². The third-order valence-corrected chi connectivity index (χ3v) is 4.74. The van der Waals surface area contributed by atoms with E-state index in [0.717, 1.165) is 12.3 Å². The van der Waals surface area contributed by atoms with E-state index in [-0.39, 0.29) is 5.97 Å². The van der Waals surface area contributed by atoms with Gasteiger partial charge in [-0.25, -0.2) is 0 Å². The summed E-state index contributed by atoms with van der Waals surface area (Å²) in [5, 5.41) is 0. The highest BCUT2D eigenvalue weighted by molar-refractivity contribution is 5.69. The maximum Gasteiger partial charge on any atom is 0.305 e. The summed E-state index contributed by atoms with van der Waals surface area (Å²) in [6, 6.07) is 0. The zero-order valence-electron chi connectivity index (χ0n) is 17.8. The molecule has 0 aromatic carbocycles. The van der Waals surface area contributed by atoms with E-state index < -0.39 is 0 Å². The molecule has 0 saturated heterocycles. The van der Waals surface area contributed by atoms with E-state index in [1.807, 2.05) is 0 Å². The lowest BCUT2D eigenvalue weighted by Gasteiger charge is -2.07. The zero-order chi connectivity index (χ0) is 18.8. The Morgan fingerprint density at radius 3 is 1.40 bits per heavy atom. The molecule has 2 nitrogen and oxygen atoms in total. The third-order valence-electron chi connectivity index (χ3n) is 4.74. The van der Waals surface area contributed by atoms with Gasteiger partial charge in [0.2, 0.25) is 0 Å². The van der Waals surface area contributed by atoms with Crippen LogP contribution < -0.4 is 0 Å². The molecule has 0 aromatic rings. The van der Waals surface area contributed by atoms with Crippen molar-refractivity contribution in [3.05, 3.63) is 0 Å². The largest absolute Gasteiger partial charge is 0.465 e. The topological polar surface area (TPSA) is 26.3 Å². The molecular weight excluding hydrogens is 308 g/mol. The minimum absolute atomic E-state index is 0.0158. The van der Waals surface area contributed by atoms with Gasteiger partial charge in [-0.2, -0.15) is 0 Å². The van der Waals surface area contributed by atoms with Gasteiger partial charge in [0.1, 0.15) is 0 Å². The van der Waals surface area contributed by atoms with Crippen LogP contribution >= 0.6 is 0 Å². The summed E-state index contributed by atoms with van der Waals surface area (Å²) in [5.41, 5.74) is 0. The number of hydrogen-bond donors (Lipinski definition) is 0.